The Morgan fingerprint density at radius 2 is 1.95 bits per heavy atom. The van der Waals surface area contributed by atoms with Gasteiger partial charge in [0.05, 0.1) is 19.0 Å². The Kier molecular flexibility index (Phi) is 3.98. The summed E-state index contributed by atoms with van der Waals surface area (Å²) >= 11 is 0. The molecule has 1 heterocycles. The van der Waals surface area contributed by atoms with Crippen molar-refractivity contribution >= 4 is 11.7 Å². The monoisotopic (exact) mass is 274 g/mol. The van der Waals surface area contributed by atoms with Gasteiger partial charge in [0, 0.05) is 5.69 Å². The maximum atomic E-state index is 13.0. The third kappa shape index (κ3) is 2.77. The number of nitrogens with one attached hydrogen (secondary N) is 1. The van der Waals surface area contributed by atoms with E-state index >= 15 is 0 Å². The predicted octanol–water partition coefficient (Wildman–Crippen LogP) is 2.72. The number of methoxy groups -OCH3 is 1. The normalized spacial score (nSPS) is 13.3. The van der Waals surface area contributed by atoms with Crippen LogP contribution in [0.4, 0.5) is 10.1 Å². The van der Waals surface area contributed by atoms with Gasteiger partial charge < -0.3 is 10.1 Å². The molecule has 0 saturated carbocycles. The van der Waals surface area contributed by atoms with Gasteiger partial charge in [-0.2, -0.15) is 0 Å². The number of hydrogen-bond acceptors (Lipinski definition) is 4. The van der Waals surface area contributed by atoms with E-state index in [2.05, 4.69) is 10.3 Å². The fourth-order valence-electron chi connectivity index (χ4n) is 1.91. The fraction of sp³-hybridized carbons (Fsp3) is 0.200. The van der Waals surface area contributed by atoms with E-state index in [-0.39, 0.29) is 0 Å². The molecule has 0 spiro atoms. The zero-order chi connectivity index (χ0) is 14.6. The van der Waals surface area contributed by atoms with Crippen LogP contribution in [0.3, 0.4) is 0 Å². The van der Waals surface area contributed by atoms with E-state index in [9.17, 15) is 9.18 Å². The molecule has 2 aromatic rings. The largest absolute Gasteiger partial charge is 0.467 e. The van der Waals surface area contributed by atoms with E-state index in [0.717, 1.165) is 11.9 Å². The first kappa shape index (κ1) is 14.0. The van der Waals surface area contributed by atoms with Crippen molar-refractivity contribution in [1.29, 1.82) is 0 Å². The number of halogens is 1. The molecule has 0 radical (unpaired) electrons. The van der Waals surface area contributed by atoms with Crippen LogP contribution in [-0.2, 0) is 15.1 Å². The maximum Gasteiger partial charge on any atom is 0.337 e. The quantitative estimate of drug-likeness (QED) is 0.871. The molecular formula is C15H15FN2O2. The molecule has 1 atom stereocenters. The van der Waals surface area contributed by atoms with Crippen LogP contribution in [-0.4, -0.2) is 18.1 Å². The summed E-state index contributed by atoms with van der Waals surface area (Å²) in [5.74, 6) is -0.957. The molecular weight excluding hydrogens is 259 g/mol. The average molecular weight is 274 g/mol. The van der Waals surface area contributed by atoms with Crippen molar-refractivity contribution in [1.82, 2.24) is 4.98 Å². The van der Waals surface area contributed by atoms with Crippen molar-refractivity contribution in [3.05, 3.63) is 60.2 Å². The number of ether oxygens (including phenoxy) is 1. The molecule has 1 unspecified atom stereocenters. The Bertz CT molecular complexity index is 587. The summed E-state index contributed by atoms with van der Waals surface area (Å²) in [6.07, 6.45) is 1.07. The number of anilines is 1. The fourth-order valence-corrected chi connectivity index (χ4v) is 1.91. The Morgan fingerprint density at radius 1 is 1.25 bits per heavy atom. The molecule has 5 heteroatoms. The molecule has 1 aromatic carbocycles. The van der Waals surface area contributed by atoms with Gasteiger partial charge in [-0.3, -0.25) is 4.98 Å². The van der Waals surface area contributed by atoms with Crippen molar-refractivity contribution in [3.8, 4) is 0 Å². The summed E-state index contributed by atoms with van der Waals surface area (Å²) in [6.45, 7) is 1.64. The zero-order valence-electron chi connectivity index (χ0n) is 11.3. The number of pyridine rings is 1. The van der Waals surface area contributed by atoms with Crippen LogP contribution in [0.25, 0.3) is 0 Å². The highest BCUT2D eigenvalue weighted by molar-refractivity contribution is 5.85. The number of carbonyl (C=O) groups is 1. The zero-order valence-corrected chi connectivity index (χ0v) is 11.3. The Morgan fingerprint density at radius 3 is 2.50 bits per heavy atom. The van der Waals surface area contributed by atoms with Gasteiger partial charge in [0.25, 0.3) is 0 Å². The molecule has 1 N–H and O–H groups in total. The van der Waals surface area contributed by atoms with Crippen molar-refractivity contribution in [2.45, 2.75) is 12.5 Å². The van der Waals surface area contributed by atoms with Crippen LogP contribution in [0.15, 0.2) is 48.7 Å². The van der Waals surface area contributed by atoms with Gasteiger partial charge in [0.1, 0.15) is 5.82 Å². The highest BCUT2D eigenvalue weighted by Crippen LogP contribution is 2.26. The summed E-state index contributed by atoms with van der Waals surface area (Å²) in [4.78, 5) is 16.1. The van der Waals surface area contributed by atoms with Gasteiger partial charge in [-0.15, -0.1) is 0 Å². The molecule has 0 bridgehead atoms. The molecule has 0 saturated heterocycles. The van der Waals surface area contributed by atoms with E-state index in [4.69, 9.17) is 4.74 Å². The smallest absolute Gasteiger partial charge is 0.337 e. The van der Waals surface area contributed by atoms with E-state index in [1.807, 2.05) is 30.3 Å². The standard InChI is InChI=1S/C15H15FN2O2/c1-15(14(19)20-2,13-9-8-11(16)10-17-13)18-12-6-4-3-5-7-12/h3-10,18H,1-2H3. The first-order chi connectivity index (χ1) is 9.56. The molecule has 2 rings (SSSR count). The van der Waals surface area contributed by atoms with Gasteiger partial charge in [-0.1, -0.05) is 18.2 Å². The van der Waals surface area contributed by atoms with Gasteiger partial charge in [0.2, 0.25) is 0 Å². The lowest BCUT2D eigenvalue weighted by molar-refractivity contribution is -0.145. The lowest BCUT2D eigenvalue weighted by Crippen LogP contribution is -2.42. The number of para-hydroxylation sites is 1. The number of aromatic nitrogens is 1. The molecule has 0 aliphatic carbocycles. The van der Waals surface area contributed by atoms with E-state index in [1.54, 1.807) is 6.92 Å². The first-order valence-corrected chi connectivity index (χ1v) is 6.10. The van der Waals surface area contributed by atoms with Crippen LogP contribution < -0.4 is 5.32 Å². The molecule has 0 amide bonds. The molecule has 20 heavy (non-hydrogen) atoms. The SMILES string of the molecule is COC(=O)C(C)(Nc1ccccc1)c1ccc(F)cn1. The summed E-state index contributed by atoms with van der Waals surface area (Å²) in [5, 5.41) is 3.08. The number of hydrogen-bond donors (Lipinski definition) is 1. The second kappa shape index (κ2) is 5.69. The van der Waals surface area contributed by atoms with Crippen molar-refractivity contribution in [3.63, 3.8) is 0 Å². The molecule has 0 aliphatic rings. The highest BCUT2D eigenvalue weighted by Gasteiger charge is 2.38. The van der Waals surface area contributed by atoms with Crippen LogP contribution in [0.2, 0.25) is 0 Å². The summed E-state index contributed by atoms with van der Waals surface area (Å²) in [7, 11) is 1.30. The van der Waals surface area contributed by atoms with Gasteiger partial charge in [-0.25, -0.2) is 9.18 Å². The number of rotatable bonds is 4. The van der Waals surface area contributed by atoms with Crippen molar-refractivity contribution in [2.75, 3.05) is 12.4 Å². The number of esters is 1. The second-order valence-electron chi connectivity index (χ2n) is 4.47. The summed E-state index contributed by atoms with van der Waals surface area (Å²) in [5.41, 5.74) is -0.0646. The van der Waals surface area contributed by atoms with Crippen molar-refractivity contribution < 1.29 is 13.9 Å². The van der Waals surface area contributed by atoms with Gasteiger partial charge >= 0.3 is 5.97 Å². The predicted molar refractivity (Wildman–Crippen MR) is 73.6 cm³/mol. The lowest BCUT2D eigenvalue weighted by Gasteiger charge is -2.28. The molecule has 104 valence electrons. The number of nitrogens with zero attached hydrogens (tertiary/aromatic N) is 1. The Hall–Kier alpha value is -2.43. The van der Waals surface area contributed by atoms with E-state index in [1.165, 1.54) is 19.2 Å². The van der Waals surface area contributed by atoms with Crippen molar-refractivity contribution in [2.24, 2.45) is 0 Å². The van der Waals surface area contributed by atoms with Gasteiger partial charge in [-0.05, 0) is 31.2 Å². The summed E-state index contributed by atoms with van der Waals surface area (Å²) < 4.78 is 17.8. The minimum absolute atomic E-state index is 0.384. The van der Waals surface area contributed by atoms with Gasteiger partial charge in [0.15, 0.2) is 5.54 Å². The van der Waals surface area contributed by atoms with Crippen LogP contribution in [0.1, 0.15) is 12.6 Å². The molecule has 1 aromatic heterocycles. The Balaban J connectivity index is 2.40. The van der Waals surface area contributed by atoms with E-state index in [0.29, 0.717) is 5.69 Å². The average Bonchev–Trinajstić information content (AvgIpc) is 2.48. The van der Waals surface area contributed by atoms with Crippen LogP contribution >= 0.6 is 0 Å². The molecule has 0 fully saturated rings. The highest BCUT2D eigenvalue weighted by atomic mass is 19.1. The topological polar surface area (TPSA) is 51.2 Å². The number of carbonyl (C=O) groups excluding carboxylic acids is 1. The first-order valence-electron chi connectivity index (χ1n) is 6.10. The van der Waals surface area contributed by atoms with Crippen LogP contribution in [0, 0.1) is 5.82 Å². The minimum Gasteiger partial charge on any atom is -0.467 e. The Labute approximate surface area is 116 Å². The lowest BCUT2D eigenvalue weighted by atomic mass is 9.96. The summed E-state index contributed by atoms with van der Waals surface area (Å²) in [6, 6.07) is 11.9. The third-order valence-corrected chi connectivity index (χ3v) is 3.00. The molecule has 0 aliphatic heterocycles. The third-order valence-electron chi connectivity index (χ3n) is 3.00. The maximum absolute atomic E-state index is 13.0. The molecule has 4 nitrogen and oxygen atoms in total. The number of benzene rings is 1. The van der Waals surface area contributed by atoms with E-state index < -0.39 is 17.3 Å². The minimum atomic E-state index is -1.19. The second-order valence-corrected chi connectivity index (χ2v) is 4.47. The van der Waals surface area contributed by atoms with Crippen LogP contribution in [0.5, 0.6) is 0 Å².